The fourth-order valence-electron chi connectivity index (χ4n) is 2.91. The molecule has 0 bridgehead atoms. The molecule has 0 aromatic carbocycles. The van der Waals surface area contributed by atoms with Crippen LogP contribution in [0.2, 0.25) is 0 Å². The number of nitrogens with zero attached hydrogens (tertiary/aromatic N) is 2. The molecule has 5 heteroatoms. The Kier molecular flexibility index (Phi) is 4.37. The fraction of sp³-hybridized carbons (Fsp3) is 0.533. The Morgan fingerprint density at radius 1 is 1.30 bits per heavy atom. The first-order chi connectivity index (χ1) is 9.59. The van der Waals surface area contributed by atoms with Crippen molar-refractivity contribution in [3.63, 3.8) is 0 Å². The van der Waals surface area contributed by atoms with Crippen LogP contribution in [0, 0.1) is 5.41 Å². The van der Waals surface area contributed by atoms with Crippen molar-refractivity contribution in [3.8, 4) is 0 Å². The maximum Gasteiger partial charge on any atom is 0.253 e. The number of hydrogen-bond acceptors (Lipinski definition) is 3. The van der Waals surface area contributed by atoms with Crippen LogP contribution in [0.25, 0.3) is 0 Å². The zero-order valence-corrected chi connectivity index (χ0v) is 11.8. The summed E-state index contributed by atoms with van der Waals surface area (Å²) in [6.45, 7) is 3.23. The second-order valence-electron chi connectivity index (χ2n) is 5.42. The van der Waals surface area contributed by atoms with Crippen molar-refractivity contribution >= 4 is 11.8 Å². The molecule has 20 heavy (non-hydrogen) atoms. The molecule has 0 unspecified atom stereocenters. The molecule has 108 valence electrons. The Balaban J connectivity index is 2.04. The van der Waals surface area contributed by atoms with Crippen molar-refractivity contribution in [1.29, 1.82) is 0 Å². The van der Waals surface area contributed by atoms with E-state index in [9.17, 15) is 9.59 Å². The molecule has 2 N–H and O–H groups in total. The number of carbonyl (C=O) groups excluding carboxylic acids is 2. The molecule has 1 aliphatic rings. The summed E-state index contributed by atoms with van der Waals surface area (Å²) >= 11 is 0. The molecule has 1 aromatic rings. The molecule has 0 aliphatic carbocycles. The highest BCUT2D eigenvalue weighted by Crippen LogP contribution is 2.36. The summed E-state index contributed by atoms with van der Waals surface area (Å²) in [5.74, 6) is -0.225. The third-order valence-electron chi connectivity index (χ3n) is 4.19. The third-order valence-corrected chi connectivity index (χ3v) is 4.19. The van der Waals surface area contributed by atoms with Crippen molar-refractivity contribution < 1.29 is 9.59 Å². The predicted octanol–water partition coefficient (Wildman–Crippen LogP) is 1.59. The van der Waals surface area contributed by atoms with Crippen molar-refractivity contribution in [1.82, 2.24) is 9.88 Å². The smallest absolute Gasteiger partial charge is 0.253 e. The van der Waals surface area contributed by atoms with Crippen LogP contribution in [0.5, 0.6) is 0 Å². The number of pyridine rings is 1. The molecular formula is C15H21N3O2. The minimum absolute atomic E-state index is 0.00182. The molecule has 0 spiro atoms. The molecule has 1 saturated heterocycles. The maximum atomic E-state index is 12.3. The summed E-state index contributed by atoms with van der Waals surface area (Å²) in [6, 6.07) is 3.43. The van der Waals surface area contributed by atoms with Crippen LogP contribution < -0.4 is 5.73 Å². The molecule has 2 heterocycles. The number of rotatable bonds is 4. The maximum absolute atomic E-state index is 12.3. The summed E-state index contributed by atoms with van der Waals surface area (Å²) in [5.41, 5.74) is 5.78. The highest BCUT2D eigenvalue weighted by Gasteiger charge is 2.40. The van der Waals surface area contributed by atoms with Crippen molar-refractivity contribution in [2.45, 2.75) is 32.6 Å². The molecule has 2 rings (SSSR count). The summed E-state index contributed by atoms with van der Waals surface area (Å²) in [7, 11) is 0. The van der Waals surface area contributed by atoms with Crippen LogP contribution in [-0.2, 0) is 4.79 Å². The van der Waals surface area contributed by atoms with E-state index in [0.29, 0.717) is 31.5 Å². The van der Waals surface area contributed by atoms with E-state index < -0.39 is 5.41 Å². The zero-order valence-electron chi connectivity index (χ0n) is 11.8. The topological polar surface area (TPSA) is 76.3 Å². The number of likely N-dealkylation sites (tertiary alicyclic amines) is 1. The Morgan fingerprint density at radius 3 is 2.40 bits per heavy atom. The van der Waals surface area contributed by atoms with Crippen molar-refractivity contribution in [2.24, 2.45) is 11.1 Å². The average molecular weight is 275 g/mol. The van der Waals surface area contributed by atoms with Crippen LogP contribution >= 0.6 is 0 Å². The number of hydrogen-bond donors (Lipinski definition) is 1. The molecule has 1 aromatic heterocycles. The Hall–Kier alpha value is -1.91. The van der Waals surface area contributed by atoms with Gasteiger partial charge in [-0.2, -0.15) is 0 Å². The van der Waals surface area contributed by atoms with E-state index in [1.807, 2.05) is 0 Å². The normalized spacial score (nSPS) is 17.8. The Bertz CT molecular complexity index is 479. The largest absolute Gasteiger partial charge is 0.369 e. The van der Waals surface area contributed by atoms with Gasteiger partial charge in [-0.05, 0) is 31.4 Å². The molecule has 0 saturated carbocycles. The molecule has 1 fully saturated rings. The van der Waals surface area contributed by atoms with Crippen LogP contribution in [0.15, 0.2) is 24.5 Å². The molecule has 1 aliphatic heterocycles. The molecular weight excluding hydrogens is 254 g/mol. The molecule has 5 nitrogen and oxygen atoms in total. The predicted molar refractivity (Wildman–Crippen MR) is 75.9 cm³/mol. The fourth-order valence-corrected chi connectivity index (χ4v) is 2.91. The van der Waals surface area contributed by atoms with E-state index in [-0.39, 0.29) is 11.8 Å². The standard InChI is InChI=1S/C15H21N3O2/c1-2-5-15(14(16)20)6-10-18(11-7-15)13(19)12-3-8-17-9-4-12/h3-4,8-9H,2,5-7,10-11H2,1H3,(H2,16,20). The van der Waals surface area contributed by atoms with Crippen LogP contribution in [0.3, 0.4) is 0 Å². The van der Waals surface area contributed by atoms with Gasteiger partial charge in [-0.3, -0.25) is 14.6 Å². The van der Waals surface area contributed by atoms with E-state index in [1.165, 1.54) is 0 Å². The first-order valence-corrected chi connectivity index (χ1v) is 7.08. The number of nitrogens with two attached hydrogens (primary N) is 1. The number of amides is 2. The lowest BCUT2D eigenvalue weighted by Gasteiger charge is -2.39. The van der Waals surface area contributed by atoms with E-state index in [4.69, 9.17) is 5.73 Å². The third kappa shape index (κ3) is 2.81. The van der Waals surface area contributed by atoms with Gasteiger partial charge < -0.3 is 10.6 Å². The first-order valence-electron chi connectivity index (χ1n) is 7.08. The lowest BCUT2D eigenvalue weighted by Crippen LogP contribution is -2.48. The van der Waals surface area contributed by atoms with Gasteiger partial charge >= 0.3 is 0 Å². The minimum atomic E-state index is -0.427. The zero-order chi connectivity index (χ0) is 14.6. The SMILES string of the molecule is CCCC1(C(N)=O)CCN(C(=O)c2ccncc2)CC1. The summed E-state index contributed by atoms with van der Waals surface area (Å²) in [6.07, 6.45) is 6.28. The van der Waals surface area contributed by atoms with E-state index >= 15 is 0 Å². The monoisotopic (exact) mass is 275 g/mol. The van der Waals surface area contributed by atoms with Crippen molar-refractivity contribution in [2.75, 3.05) is 13.1 Å². The number of carbonyl (C=O) groups is 2. The van der Waals surface area contributed by atoms with Gasteiger partial charge in [-0.25, -0.2) is 0 Å². The van der Waals surface area contributed by atoms with E-state index in [0.717, 1.165) is 12.8 Å². The summed E-state index contributed by atoms with van der Waals surface area (Å²) in [4.78, 5) is 29.8. The molecule has 0 atom stereocenters. The molecule has 2 amide bonds. The van der Waals surface area contributed by atoms with Gasteiger partial charge in [0.15, 0.2) is 0 Å². The lowest BCUT2D eigenvalue weighted by atomic mass is 9.74. The van der Waals surface area contributed by atoms with Gasteiger partial charge in [0, 0.05) is 31.0 Å². The molecule has 0 radical (unpaired) electrons. The second-order valence-corrected chi connectivity index (χ2v) is 5.42. The van der Waals surface area contributed by atoms with Crippen LogP contribution in [0.1, 0.15) is 43.0 Å². The lowest BCUT2D eigenvalue weighted by molar-refractivity contribution is -0.130. The highest BCUT2D eigenvalue weighted by molar-refractivity contribution is 5.94. The van der Waals surface area contributed by atoms with Crippen LogP contribution in [0.4, 0.5) is 0 Å². The number of aromatic nitrogens is 1. The van der Waals surface area contributed by atoms with Gasteiger partial charge in [-0.1, -0.05) is 13.3 Å². The van der Waals surface area contributed by atoms with Gasteiger partial charge in [0.2, 0.25) is 5.91 Å². The Labute approximate surface area is 119 Å². The Morgan fingerprint density at radius 2 is 1.90 bits per heavy atom. The minimum Gasteiger partial charge on any atom is -0.369 e. The van der Waals surface area contributed by atoms with Gasteiger partial charge in [0.1, 0.15) is 0 Å². The average Bonchev–Trinajstić information content (AvgIpc) is 2.48. The quantitative estimate of drug-likeness (QED) is 0.906. The summed E-state index contributed by atoms with van der Waals surface area (Å²) < 4.78 is 0. The second kappa shape index (κ2) is 6.03. The van der Waals surface area contributed by atoms with Crippen LogP contribution in [-0.4, -0.2) is 34.8 Å². The first kappa shape index (κ1) is 14.5. The number of primary amides is 1. The number of piperidine rings is 1. The van der Waals surface area contributed by atoms with Crippen molar-refractivity contribution in [3.05, 3.63) is 30.1 Å². The van der Waals surface area contributed by atoms with Gasteiger partial charge in [0.05, 0.1) is 5.41 Å². The van der Waals surface area contributed by atoms with Gasteiger partial charge in [0.25, 0.3) is 5.91 Å². The van der Waals surface area contributed by atoms with E-state index in [1.54, 1.807) is 29.4 Å². The van der Waals surface area contributed by atoms with E-state index in [2.05, 4.69) is 11.9 Å². The van der Waals surface area contributed by atoms with Gasteiger partial charge in [-0.15, -0.1) is 0 Å². The highest BCUT2D eigenvalue weighted by atomic mass is 16.2. The summed E-state index contributed by atoms with van der Waals surface area (Å²) in [5, 5.41) is 0.